The van der Waals surface area contributed by atoms with Crippen LogP contribution >= 0.6 is 0 Å². The number of ether oxygens (including phenoxy) is 1. The Kier molecular flexibility index (Phi) is 4.02. The van der Waals surface area contributed by atoms with Gasteiger partial charge in [-0.15, -0.1) is 0 Å². The Hall–Kier alpha value is -2.08. The van der Waals surface area contributed by atoms with Crippen LogP contribution in [0.15, 0.2) is 28.9 Å². The van der Waals surface area contributed by atoms with Gasteiger partial charge in [0, 0.05) is 32.5 Å². The molecule has 1 amide bonds. The van der Waals surface area contributed by atoms with E-state index in [0.717, 1.165) is 23.5 Å². The Morgan fingerprint density at radius 2 is 2.32 bits per heavy atom. The van der Waals surface area contributed by atoms with Gasteiger partial charge in [-0.3, -0.25) is 9.48 Å². The number of rotatable bonds is 4. The second-order valence-electron chi connectivity index (χ2n) is 5.84. The molecule has 3 rings (SSSR count). The Bertz CT molecular complexity index is 661. The minimum Gasteiger partial charge on any atom is -0.464 e. The highest BCUT2D eigenvalue weighted by Crippen LogP contribution is 2.35. The molecule has 1 saturated heterocycles. The van der Waals surface area contributed by atoms with Crippen molar-refractivity contribution < 1.29 is 13.9 Å². The first-order valence-corrected chi connectivity index (χ1v) is 7.45. The summed E-state index contributed by atoms with van der Waals surface area (Å²) in [6.07, 6.45) is 4.21. The molecule has 0 saturated carbocycles. The Labute approximate surface area is 129 Å². The molecule has 2 aromatic rings. The van der Waals surface area contributed by atoms with Crippen molar-refractivity contribution in [1.29, 1.82) is 0 Å². The summed E-state index contributed by atoms with van der Waals surface area (Å²) >= 11 is 0. The van der Waals surface area contributed by atoms with Crippen molar-refractivity contribution in [1.82, 2.24) is 14.7 Å². The molecule has 1 aliphatic heterocycles. The summed E-state index contributed by atoms with van der Waals surface area (Å²) in [5.74, 6) is 1.57. The van der Waals surface area contributed by atoms with Crippen LogP contribution in [0, 0.1) is 12.8 Å². The van der Waals surface area contributed by atoms with Crippen molar-refractivity contribution in [2.75, 3.05) is 13.7 Å². The van der Waals surface area contributed by atoms with Gasteiger partial charge in [0.2, 0.25) is 5.91 Å². The highest BCUT2D eigenvalue weighted by molar-refractivity contribution is 5.79. The van der Waals surface area contributed by atoms with E-state index in [1.807, 2.05) is 32.3 Å². The number of nitrogens with zero attached hydrogens (tertiary/aromatic N) is 3. The van der Waals surface area contributed by atoms with Crippen molar-refractivity contribution in [3.63, 3.8) is 0 Å². The van der Waals surface area contributed by atoms with Crippen molar-refractivity contribution in [2.45, 2.75) is 26.0 Å². The first-order valence-electron chi connectivity index (χ1n) is 7.45. The van der Waals surface area contributed by atoms with E-state index in [1.54, 1.807) is 22.8 Å². The fourth-order valence-corrected chi connectivity index (χ4v) is 2.92. The molecule has 2 aromatic heterocycles. The van der Waals surface area contributed by atoms with Crippen LogP contribution in [0.2, 0.25) is 0 Å². The monoisotopic (exact) mass is 303 g/mol. The molecule has 0 aromatic carbocycles. The lowest BCUT2D eigenvalue weighted by molar-refractivity contribution is -0.136. The maximum atomic E-state index is 12.7. The standard InChI is InChI=1S/C16H21N3O3/c1-11-4-5-13(22-11)10-18(2)16(20)14-6-7-21-15(14)12-8-17-19(3)9-12/h4-5,8-9,14-15H,6-7,10H2,1-3H3/t14-,15+/m0/s1. The van der Waals surface area contributed by atoms with Crippen molar-refractivity contribution >= 4 is 5.91 Å². The van der Waals surface area contributed by atoms with Crippen LogP contribution < -0.4 is 0 Å². The topological polar surface area (TPSA) is 60.5 Å². The maximum Gasteiger partial charge on any atom is 0.228 e. The molecule has 0 bridgehead atoms. The Morgan fingerprint density at radius 1 is 1.50 bits per heavy atom. The summed E-state index contributed by atoms with van der Waals surface area (Å²) in [4.78, 5) is 14.4. The number of hydrogen-bond donors (Lipinski definition) is 0. The normalized spacial score (nSPS) is 21.2. The van der Waals surface area contributed by atoms with Crippen molar-refractivity contribution in [3.05, 3.63) is 41.6 Å². The van der Waals surface area contributed by atoms with Gasteiger partial charge in [-0.2, -0.15) is 5.10 Å². The lowest BCUT2D eigenvalue weighted by atomic mass is 9.96. The molecule has 0 aliphatic carbocycles. The molecule has 6 nitrogen and oxygen atoms in total. The van der Waals surface area contributed by atoms with Gasteiger partial charge in [0.05, 0.1) is 24.8 Å². The highest BCUT2D eigenvalue weighted by Gasteiger charge is 2.37. The van der Waals surface area contributed by atoms with Gasteiger partial charge >= 0.3 is 0 Å². The molecule has 1 fully saturated rings. The van der Waals surface area contributed by atoms with E-state index in [9.17, 15) is 4.79 Å². The zero-order valence-corrected chi connectivity index (χ0v) is 13.2. The van der Waals surface area contributed by atoms with E-state index in [2.05, 4.69) is 5.10 Å². The minimum absolute atomic E-state index is 0.0837. The largest absolute Gasteiger partial charge is 0.464 e. The second kappa shape index (κ2) is 5.96. The molecular weight excluding hydrogens is 282 g/mol. The molecule has 6 heteroatoms. The first kappa shape index (κ1) is 14.8. The maximum absolute atomic E-state index is 12.7. The lowest BCUT2D eigenvalue weighted by Crippen LogP contribution is -2.33. The van der Waals surface area contributed by atoms with Crippen LogP contribution in [-0.4, -0.2) is 34.2 Å². The molecule has 118 valence electrons. The number of aryl methyl sites for hydroxylation is 2. The molecule has 0 spiro atoms. The second-order valence-corrected chi connectivity index (χ2v) is 5.84. The molecule has 3 heterocycles. The summed E-state index contributed by atoms with van der Waals surface area (Å²) in [6.45, 7) is 2.97. The number of carbonyl (C=O) groups is 1. The zero-order chi connectivity index (χ0) is 15.7. The fraction of sp³-hybridized carbons (Fsp3) is 0.500. The van der Waals surface area contributed by atoms with Gasteiger partial charge < -0.3 is 14.1 Å². The van der Waals surface area contributed by atoms with Crippen LogP contribution in [0.1, 0.15) is 29.6 Å². The molecule has 22 heavy (non-hydrogen) atoms. The van der Waals surface area contributed by atoms with E-state index in [-0.39, 0.29) is 17.9 Å². The van der Waals surface area contributed by atoms with Crippen molar-refractivity contribution in [2.24, 2.45) is 13.0 Å². The van der Waals surface area contributed by atoms with Crippen LogP contribution in [0.4, 0.5) is 0 Å². The third-order valence-electron chi connectivity index (χ3n) is 4.03. The van der Waals surface area contributed by atoms with E-state index in [1.165, 1.54) is 0 Å². The van der Waals surface area contributed by atoms with E-state index >= 15 is 0 Å². The molecule has 0 N–H and O–H groups in total. The fourth-order valence-electron chi connectivity index (χ4n) is 2.92. The molecule has 1 aliphatic rings. The number of aromatic nitrogens is 2. The van der Waals surface area contributed by atoms with Gasteiger partial charge in [0.25, 0.3) is 0 Å². The SMILES string of the molecule is Cc1ccc(CN(C)C(=O)[C@H]2CCO[C@@H]2c2cnn(C)c2)o1. The molecule has 0 unspecified atom stereocenters. The number of furan rings is 1. The Morgan fingerprint density at radius 3 is 2.95 bits per heavy atom. The zero-order valence-electron chi connectivity index (χ0n) is 13.2. The number of amides is 1. The van der Waals surface area contributed by atoms with Gasteiger partial charge in [0.15, 0.2) is 0 Å². The summed E-state index contributed by atoms with van der Waals surface area (Å²) < 4.78 is 13.0. The quantitative estimate of drug-likeness (QED) is 0.867. The molecular formula is C16H21N3O3. The Balaban J connectivity index is 1.70. The van der Waals surface area contributed by atoms with Crippen LogP contribution in [0.3, 0.4) is 0 Å². The first-order chi connectivity index (χ1) is 10.5. The summed E-state index contributed by atoms with van der Waals surface area (Å²) in [5, 5.41) is 4.17. The summed E-state index contributed by atoms with van der Waals surface area (Å²) in [5.41, 5.74) is 0.959. The predicted octanol–water partition coefficient (Wildman–Crippen LogP) is 2.06. The number of hydrogen-bond acceptors (Lipinski definition) is 4. The lowest BCUT2D eigenvalue weighted by Gasteiger charge is -2.23. The third-order valence-corrected chi connectivity index (χ3v) is 4.03. The smallest absolute Gasteiger partial charge is 0.228 e. The highest BCUT2D eigenvalue weighted by atomic mass is 16.5. The van der Waals surface area contributed by atoms with Crippen LogP contribution in [0.5, 0.6) is 0 Å². The molecule has 2 atom stereocenters. The van der Waals surface area contributed by atoms with Crippen LogP contribution in [-0.2, 0) is 23.1 Å². The summed E-state index contributed by atoms with van der Waals surface area (Å²) in [7, 11) is 3.67. The van der Waals surface area contributed by atoms with E-state index < -0.39 is 0 Å². The van der Waals surface area contributed by atoms with Gasteiger partial charge in [0.1, 0.15) is 11.5 Å². The number of carbonyl (C=O) groups excluding carboxylic acids is 1. The van der Waals surface area contributed by atoms with Gasteiger partial charge in [-0.05, 0) is 25.5 Å². The van der Waals surface area contributed by atoms with E-state index in [4.69, 9.17) is 9.15 Å². The van der Waals surface area contributed by atoms with Gasteiger partial charge in [-0.25, -0.2) is 0 Å². The molecule has 0 radical (unpaired) electrons. The summed E-state index contributed by atoms with van der Waals surface area (Å²) in [6, 6.07) is 3.81. The van der Waals surface area contributed by atoms with Gasteiger partial charge in [-0.1, -0.05) is 0 Å². The average molecular weight is 303 g/mol. The van der Waals surface area contributed by atoms with Crippen molar-refractivity contribution in [3.8, 4) is 0 Å². The average Bonchev–Trinajstić information content (AvgIpc) is 3.18. The van der Waals surface area contributed by atoms with Crippen LogP contribution in [0.25, 0.3) is 0 Å². The third kappa shape index (κ3) is 2.92. The minimum atomic E-state index is -0.206. The van der Waals surface area contributed by atoms with E-state index in [0.29, 0.717) is 13.2 Å². The predicted molar refractivity (Wildman–Crippen MR) is 79.9 cm³/mol.